The van der Waals surface area contributed by atoms with Crippen LogP contribution in [0.4, 0.5) is 4.39 Å². The second-order valence-corrected chi connectivity index (χ2v) is 8.25. The van der Waals surface area contributed by atoms with Crippen molar-refractivity contribution in [1.82, 2.24) is 0 Å². The lowest BCUT2D eigenvalue weighted by Gasteiger charge is -2.35. The van der Waals surface area contributed by atoms with Gasteiger partial charge in [0, 0.05) is 5.92 Å². The van der Waals surface area contributed by atoms with Gasteiger partial charge in [-0.15, -0.1) is 0 Å². The van der Waals surface area contributed by atoms with Gasteiger partial charge in [-0.2, -0.15) is 0 Å². The molecule has 2 aromatic carbocycles. The molecule has 0 saturated carbocycles. The third kappa shape index (κ3) is 2.72. The summed E-state index contributed by atoms with van der Waals surface area (Å²) >= 11 is 0. The minimum atomic E-state index is -0.162. The van der Waals surface area contributed by atoms with Crippen LogP contribution in [0.1, 0.15) is 54.0 Å². The Morgan fingerprint density at radius 2 is 1.92 bits per heavy atom. The number of fused-ring (bicyclic) bond motifs is 3. The van der Waals surface area contributed by atoms with Crippen molar-refractivity contribution < 1.29 is 9.13 Å². The van der Waals surface area contributed by atoms with Crippen molar-refractivity contribution in [2.45, 2.75) is 52.4 Å². The van der Waals surface area contributed by atoms with Crippen LogP contribution in [0.15, 0.2) is 30.3 Å². The largest absolute Gasteiger partial charge is 0.492 e. The fourth-order valence-corrected chi connectivity index (χ4v) is 4.37. The molecular formula is C22H25FO. The lowest BCUT2D eigenvalue weighted by Crippen LogP contribution is -2.26. The van der Waals surface area contributed by atoms with E-state index in [9.17, 15) is 4.39 Å². The molecule has 1 aliphatic carbocycles. The number of aryl methyl sites for hydroxylation is 1. The van der Waals surface area contributed by atoms with E-state index in [1.54, 1.807) is 12.1 Å². The highest BCUT2D eigenvalue weighted by Gasteiger charge is 2.31. The van der Waals surface area contributed by atoms with Gasteiger partial charge in [0.1, 0.15) is 11.6 Å². The van der Waals surface area contributed by atoms with Crippen molar-refractivity contribution in [2.75, 3.05) is 6.61 Å². The van der Waals surface area contributed by atoms with Crippen molar-refractivity contribution in [3.05, 3.63) is 64.0 Å². The maximum absolute atomic E-state index is 13.4. The quantitative estimate of drug-likeness (QED) is 0.685. The third-order valence-corrected chi connectivity index (χ3v) is 5.73. The molecule has 0 bridgehead atoms. The molecular weight excluding hydrogens is 299 g/mol. The van der Waals surface area contributed by atoms with E-state index in [1.807, 2.05) is 13.0 Å². The average Bonchev–Trinajstić information content (AvgIpc) is 2.53. The number of halogens is 1. The van der Waals surface area contributed by atoms with Crippen LogP contribution in [0.25, 0.3) is 0 Å². The Hall–Kier alpha value is -1.83. The lowest BCUT2D eigenvalue weighted by molar-refractivity contribution is 0.251. The molecule has 24 heavy (non-hydrogen) atoms. The molecule has 0 N–H and O–H groups in total. The van der Waals surface area contributed by atoms with Crippen LogP contribution in [0, 0.1) is 18.2 Å². The molecule has 1 nitrogen and oxygen atoms in total. The van der Waals surface area contributed by atoms with Crippen molar-refractivity contribution in [1.29, 1.82) is 0 Å². The molecule has 1 aliphatic heterocycles. The van der Waals surface area contributed by atoms with E-state index in [0.717, 1.165) is 30.6 Å². The van der Waals surface area contributed by atoms with Gasteiger partial charge in [0.25, 0.3) is 0 Å². The first kappa shape index (κ1) is 15.7. The monoisotopic (exact) mass is 324 g/mol. The van der Waals surface area contributed by atoms with Crippen LogP contribution in [-0.2, 0) is 19.3 Å². The summed E-state index contributed by atoms with van der Waals surface area (Å²) in [6.45, 7) is 7.38. The van der Waals surface area contributed by atoms with Crippen LogP contribution in [0.5, 0.6) is 5.75 Å². The van der Waals surface area contributed by atoms with Gasteiger partial charge in [-0.1, -0.05) is 32.0 Å². The number of hydrogen-bond acceptors (Lipinski definition) is 1. The Balaban J connectivity index is 1.65. The molecule has 0 fully saturated rings. The maximum Gasteiger partial charge on any atom is 0.125 e. The molecule has 0 amide bonds. The number of rotatable bonds is 1. The molecule has 4 rings (SSSR count). The minimum Gasteiger partial charge on any atom is -0.492 e. The highest BCUT2D eigenvalue weighted by molar-refractivity contribution is 5.50. The number of ether oxygens (including phenoxy) is 1. The van der Waals surface area contributed by atoms with Gasteiger partial charge in [0.15, 0.2) is 0 Å². The molecule has 1 unspecified atom stereocenters. The molecule has 1 atom stereocenters. The van der Waals surface area contributed by atoms with E-state index < -0.39 is 0 Å². The van der Waals surface area contributed by atoms with Crippen molar-refractivity contribution in [3.63, 3.8) is 0 Å². The molecule has 2 aromatic rings. The Bertz CT molecular complexity index is 791. The zero-order chi connectivity index (χ0) is 16.9. The number of hydrogen-bond donors (Lipinski definition) is 0. The summed E-state index contributed by atoms with van der Waals surface area (Å²) < 4.78 is 19.6. The van der Waals surface area contributed by atoms with Gasteiger partial charge in [-0.3, -0.25) is 0 Å². The van der Waals surface area contributed by atoms with Crippen LogP contribution < -0.4 is 4.74 Å². The second-order valence-electron chi connectivity index (χ2n) is 8.25. The lowest BCUT2D eigenvalue weighted by atomic mass is 9.73. The summed E-state index contributed by atoms with van der Waals surface area (Å²) in [5, 5.41) is 0. The first-order chi connectivity index (χ1) is 11.4. The highest BCUT2D eigenvalue weighted by Crippen LogP contribution is 2.43. The topological polar surface area (TPSA) is 9.23 Å². The van der Waals surface area contributed by atoms with E-state index in [-0.39, 0.29) is 5.82 Å². The van der Waals surface area contributed by atoms with Gasteiger partial charge in [-0.05, 0) is 78.0 Å². The Morgan fingerprint density at radius 1 is 1.12 bits per heavy atom. The molecule has 2 heteroatoms. The molecule has 1 heterocycles. The van der Waals surface area contributed by atoms with Gasteiger partial charge < -0.3 is 4.74 Å². The molecule has 0 aromatic heterocycles. The molecule has 2 aliphatic rings. The fraction of sp³-hybridized carbons (Fsp3) is 0.455. The summed E-state index contributed by atoms with van der Waals surface area (Å²) in [5.74, 6) is 1.29. The molecule has 126 valence electrons. The highest BCUT2D eigenvalue weighted by atomic mass is 19.1. The van der Waals surface area contributed by atoms with Gasteiger partial charge in [0.05, 0.1) is 6.61 Å². The zero-order valence-electron chi connectivity index (χ0n) is 14.8. The average molecular weight is 324 g/mol. The summed E-state index contributed by atoms with van der Waals surface area (Å²) in [7, 11) is 0. The molecule has 0 radical (unpaired) electrons. The minimum absolute atomic E-state index is 0.162. The van der Waals surface area contributed by atoms with Crippen LogP contribution in [0.2, 0.25) is 0 Å². The third-order valence-electron chi connectivity index (χ3n) is 5.73. The van der Waals surface area contributed by atoms with Crippen LogP contribution >= 0.6 is 0 Å². The van der Waals surface area contributed by atoms with Gasteiger partial charge in [-0.25, -0.2) is 4.39 Å². The first-order valence-corrected chi connectivity index (χ1v) is 8.95. The molecule has 0 saturated heterocycles. The van der Waals surface area contributed by atoms with Crippen molar-refractivity contribution in [2.24, 2.45) is 5.41 Å². The predicted molar refractivity (Wildman–Crippen MR) is 95.3 cm³/mol. The SMILES string of the molecule is Cc1cc(F)ccc1C1COc2c(ccc3c2CCC(C)(C)C3)C1. The summed E-state index contributed by atoms with van der Waals surface area (Å²) in [6.07, 6.45) is 4.46. The van der Waals surface area contributed by atoms with E-state index in [2.05, 4.69) is 26.0 Å². The summed E-state index contributed by atoms with van der Waals surface area (Å²) in [6, 6.07) is 9.66. The summed E-state index contributed by atoms with van der Waals surface area (Å²) in [4.78, 5) is 0. The fourth-order valence-electron chi connectivity index (χ4n) is 4.37. The molecule has 0 spiro atoms. The van der Waals surface area contributed by atoms with E-state index >= 15 is 0 Å². The Kier molecular flexibility index (Phi) is 3.67. The van der Waals surface area contributed by atoms with Crippen molar-refractivity contribution >= 4 is 0 Å². The predicted octanol–water partition coefficient (Wildman–Crippen LogP) is 5.37. The Morgan fingerprint density at radius 3 is 2.71 bits per heavy atom. The first-order valence-electron chi connectivity index (χ1n) is 8.95. The normalized spacial score (nSPS) is 21.6. The second kappa shape index (κ2) is 5.61. The zero-order valence-corrected chi connectivity index (χ0v) is 14.8. The summed E-state index contributed by atoms with van der Waals surface area (Å²) in [5.41, 5.74) is 6.83. The van der Waals surface area contributed by atoms with Crippen LogP contribution in [0.3, 0.4) is 0 Å². The van der Waals surface area contributed by atoms with Crippen molar-refractivity contribution in [3.8, 4) is 5.75 Å². The van der Waals surface area contributed by atoms with E-state index in [1.165, 1.54) is 28.7 Å². The van der Waals surface area contributed by atoms with Gasteiger partial charge in [0.2, 0.25) is 0 Å². The smallest absolute Gasteiger partial charge is 0.125 e. The van der Waals surface area contributed by atoms with E-state index in [0.29, 0.717) is 17.9 Å². The van der Waals surface area contributed by atoms with Gasteiger partial charge >= 0.3 is 0 Å². The van der Waals surface area contributed by atoms with Crippen LogP contribution in [-0.4, -0.2) is 6.61 Å². The Labute approximate surface area is 143 Å². The standard InChI is InChI=1S/C22H25FO/c1-14-10-18(23)6-7-19(14)17-11-15-4-5-16-12-22(2,3)9-8-20(16)21(15)24-13-17/h4-7,10,17H,8-9,11-13H2,1-3H3. The maximum atomic E-state index is 13.4. The number of benzene rings is 2. The van der Waals surface area contributed by atoms with E-state index in [4.69, 9.17) is 4.74 Å².